The van der Waals surface area contributed by atoms with Gasteiger partial charge in [-0.05, 0) is 30.3 Å². The number of anilines is 2. The number of rotatable bonds is 2. The Morgan fingerprint density at radius 2 is 1.38 bits per heavy atom. The standard InChI is InChI=1S/C16H11N3.C9H7N/c17-10-12-11-18-15-9-5-4-8-14(15)16(12)19-13-6-2-1-3-7-13;1-2-6-9-8(4-1)5-3-7-10-9/h1-9,11H,(H,18,19);1-7H. The van der Waals surface area contributed by atoms with E-state index < -0.39 is 0 Å². The lowest BCUT2D eigenvalue weighted by molar-refractivity contribution is 1.36. The minimum absolute atomic E-state index is 0.544. The molecule has 0 saturated heterocycles. The normalized spacial score (nSPS) is 10.0. The first kappa shape index (κ1) is 18.1. The van der Waals surface area contributed by atoms with Gasteiger partial charge in [-0.2, -0.15) is 5.26 Å². The number of fused-ring (bicyclic) bond motifs is 2. The second-order valence-electron chi connectivity index (χ2n) is 6.36. The smallest absolute Gasteiger partial charge is 0.103 e. The Balaban J connectivity index is 0.000000171. The van der Waals surface area contributed by atoms with Crippen molar-refractivity contribution < 1.29 is 0 Å². The van der Waals surface area contributed by atoms with Gasteiger partial charge in [0.25, 0.3) is 0 Å². The number of pyridine rings is 2. The zero-order chi connectivity index (χ0) is 19.9. The minimum Gasteiger partial charge on any atom is -0.354 e. The van der Waals surface area contributed by atoms with Crippen LogP contribution >= 0.6 is 0 Å². The summed E-state index contributed by atoms with van der Waals surface area (Å²) in [5, 5.41) is 14.7. The van der Waals surface area contributed by atoms with Crippen molar-refractivity contribution >= 4 is 33.2 Å². The highest BCUT2D eigenvalue weighted by Gasteiger charge is 2.08. The molecular weight excluding hydrogens is 356 g/mol. The predicted molar refractivity (Wildman–Crippen MR) is 118 cm³/mol. The first-order chi connectivity index (χ1) is 14.3. The van der Waals surface area contributed by atoms with E-state index in [2.05, 4.69) is 33.5 Å². The van der Waals surface area contributed by atoms with E-state index in [0.29, 0.717) is 5.56 Å². The quantitative estimate of drug-likeness (QED) is 0.406. The lowest BCUT2D eigenvalue weighted by Gasteiger charge is -2.11. The van der Waals surface area contributed by atoms with Gasteiger partial charge in [-0.25, -0.2) is 0 Å². The second-order valence-corrected chi connectivity index (χ2v) is 6.36. The molecule has 0 bridgehead atoms. The van der Waals surface area contributed by atoms with Gasteiger partial charge in [0, 0.05) is 28.9 Å². The molecule has 29 heavy (non-hydrogen) atoms. The third-order valence-electron chi connectivity index (χ3n) is 4.45. The fraction of sp³-hybridized carbons (Fsp3) is 0. The van der Waals surface area contributed by atoms with Crippen molar-refractivity contribution in [2.45, 2.75) is 0 Å². The molecule has 0 aliphatic rings. The van der Waals surface area contributed by atoms with Crippen molar-refractivity contribution in [3.05, 3.63) is 109 Å². The van der Waals surface area contributed by atoms with Crippen LogP contribution < -0.4 is 5.32 Å². The van der Waals surface area contributed by atoms with Crippen molar-refractivity contribution in [3.8, 4) is 6.07 Å². The molecule has 0 aliphatic heterocycles. The average molecular weight is 374 g/mol. The summed E-state index contributed by atoms with van der Waals surface area (Å²) in [5.74, 6) is 0. The Morgan fingerprint density at radius 3 is 2.17 bits per heavy atom. The summed E-state index contributed by atoms with van der Waals surface area (Å²) in [6, 6.07) is 31.9. The molecule has 5 rings (SSSR count). The summed E-state index contributed by atoms with van der Waals surface area (Å²) in [5.41, 5.74) is 4.24. The molecule has 0 atom stereocenters. The maximum absolute atomic E-state index is 9.23. The number of nitrogens with zero attached hydrogens (tertiary/aromatic N) is 3. The molecule has 1 N–H and O–H groups in total. The summed E-state index contributed by atoms with van der Waals surface area (Å²) in [4.78, 5) is 8.47. The molecule has 0 fully saturated rings. The highest BCUT2D eigenvalue weighted by molar-refractivity contribution is 5.95. The van der Waals surface area contributed by atoms with Gasteiger partial charge in [-0.15, -0.1) is 0 Å². The zero-order valence-electron chi connectivity index (χ0n) is 15.7. The van der Waals surface area contributed by atoms with E-state index in [4.69, 9.17) is 0 Å². The van der Waals surface area contributed by atoms with Crippen LogP contribution in [0.5, 0.6) is 0 Å². The van der Waals surface area contributed by atoms with E-state index >= 15 is 0 Å². The van der Waals surface area contributed by atoms with E-state index in [1.165, 1.54) is 5.39 Å². The Hall–Kier alpha value is -4.23. The Morgan fingerprint density at radius 1 is 0.690 bits per heavy atom. The van der Waals surface area contributed by atoms with E-state index in [1.54, 1.807) is 6.20 Å². The first-order valence-electron chi connectivity index (χ1n) is 9.25. The van der Waals surface area contributed by atoms with Crippen LogP contribution in [0.4, 0.5) is 11.4 Å². The van der Waals surface area contributed by atoms with Crippen LogP contribution in [0.25, 0.3) is 21.8 Å². The molecule has 4 heteroatoms. The molecule has 0 spiro atoms. The predicted octanol–water partition coefficient (Wildman–Crippen LogP) is 6.08. The molecule has 0 aliphatic carbocycles. The molecule has 0 radical (unpaired) electrons. The molecule has 5 aromatic rings. The number of nitriles is 1. The third-order valence-corrected chi connectivity index (χ3v) is 4.45. The average Bonchev–Trinajstić information content (AvgIpc) is 2.80. The lowest BCUT2D eigenvalue weighted by Crippen LogP contribution is -1.96. The number of hydrogen-bond acceptors (Lipinski definition) is 4. The van der Waals surface area contributed by atoms with Crippen LogP contribution in [-0.2, 0) is 0 Å². The number of hydrogen-bond donors (Lipinski definition) is 1. The van der Waals surface area contributed by atoms with Gasteiger partial charge >= 0.3 is 0 Å². The highest BCUT2D eigenvalue weighted by Crippen LogP contribution is 2.28. The van der Waals surface area contributed by atoms with Gasteiger partial charge in [0.05, 0.1) is 22.3 Å². The molecule has 3 aromatic carbocycles. The van der Waals surface area contributed by atoms with Crippen molar-refractivity contribution in [1.82, 2.24) is 9.97 Å². The van der Waals surface area contributed by atoms with Gasteiger partial charge < -0.3 is 5.32 Å². The van der Waals surface area contributed by atoms with Gasteiger partial charge in [0.15, 0.2) is 0 Å². The van der Waals surface area contributed by atoms with E-state index in [1.807, 2.05) is 85.1 Å². The third kappa shape index (κ3) is 4.20. The molecule has 0 saturated carbocycles. The molecular formula is C25H18N4. The SMILES string of the molecule is N#Cc1cnc2ccccc2c1Nc1ccccc1.c1ccc2ncccc2c1. The summed E-state index contributed by atoms with van der Waals surface area (Å²) in [6.45, 7) is 0. The number of aromatic nitrogens is 2. The molecule has 4 nitrogen and oxygen atoms in total. The minimum atomic E-state index is 0.544. The molecule has 2 aromatic heterocycles. The Bertz CT molecular complexity index is 1230. The van der Waals surface area contributed by atoms with E-state index in [0.717, 1.165) is 27.8 Å². The Labute approximate surface area is 169 Å². The number of nitrogens with one attached hydrogen (secondary N) is 1. The van der Waals surface area contributed by atoms with Gasteiger partial charge in [-0.3, -0.25) is 9.97 Å². The van der Waals surface area contributed by atoms with Crippen LogP contribution in [0, 0.1) is 11.3 Å². The largest absolute Gasteiger partial charge is 0.354 e. The molecule has 138 valence electrons. The van der Waals surface area contributed by atoms with Crippen LogP contribution in [0.2, 0.25) is 0 Å². The van der Waals surface area contributed by atoms with Crippen LogP contribution in [-0.4, -0.2) is 9.97 Å². The van der Waals surface area contributed by atoms with E-state index in [-0.39, 0.29) is 0 Å². The van der Waals surface area contributed by atoms with Gasteiger partial charge in [0.2, 0.25) is 0 Å². The second kappa shape index (κ2) is 8.64. The maximum atomic E-state index is 9.23. The number of para-hydroxylation sites is 3. The van der Waals surface area contributed by atoms with Crippen LogP contribution in [0.1, 0.15) is 5.56 Å². The fourth-order valence-electron chi connectivity index (χ4n) is 3.04. The van der Waals surface area contributed by atoms with Gasteiger partial charge in [-0.1, -0.05) is 60.7 Å². The highest BCUT2D eigenvalue weighted by atomic mass is 14.9. The molecule has 0 unspecified atom stereocenters. The van der Waals surface area contributed by atoms with Crippen molar-refractivity contribution in [3.63, 3.8) is 0 Å². The topological polar surface area (TPSA) is 61.6 Å². The lowest BCUT2D eigenvalue weighted by atomic mass is 10.1. The van der Waals surface area contributed by atoms with Crippen molar-refractivity contribution in [2.24, 2.45) is 0 Å². The van der Waals surface area contributed by atoms with E-state index in [9.17, 15) is 5.26 Å². The number of benzene rings is 3. The summed E-state index contributed by atoms with van der Waals surface area (Å²) >= 11 is 0. The van der Waals surface area contributed by atoms with Crippen LogP contribution in [0.3, 0.4) is 0 Å². The van der Waals surface area contributed by atoms with Gasteiger partial charge in [0.1, 0.15) is 6.07 Å². The summed E-state index contributed by atoms with van der Waals surface area (Å²) < 4.78 is 0. The fourth-order valence-corrected chi connectivity index (χ4v) is 3.04. The monoisotopic (exact) mass is 374 g/mol. The molecule has 2 heterocycles. The summed E-state index contributed by atoms with van der Waals surface area (Å²) in [6.07, 6.45) is 3.41. The first-order valence-corrected chi connectivity index (χ1v) is 9.25. The summed E-state index contributed by atoms with van der Waals surface area (Å²) in [7, 11) is 0. The maximum Gasteiger partial charge on any atom is 0.103 e. The Kier molecular flexibility index (Phi) is 5.41. The zero-order valence-corrected chi connectivity index (χ0v) is 15.7. The van der Waals surface area contributed by atoms with Crippen molar-refractivity contribution in [1.29, 1.82) is 5.26 Å². The molecule has 0 amide bonds. The van der Waals surface area contributed by atoms with Crippen LogP contribution in [0.15, 0.2) is 103 Å². The van der Waals surface area contributed by atoms with Crippen molar-refractivity contribution in [2.75, 3.05) is 5.32 Å².